The average Bonchev–Trinajstić information content (AvgIpc) is 2.14. The van der Waals surface area contributed by atoms with Gasteiger partial charge in [0.2, 0.25) is 0 Å². The highest BCUT2D eigenvalue weighted by Crippen LogP contribution is 2.03. The molecule has 1 aromatic rings. The Hall–Kier alpha value is -1.20. The number of likely N-dealkylation sites (N-methyl/N-ethyl adjacent to an activating group) is 1. The first-order valence-electron chi connectivity index (χ1n) is 5.87. The van der Waals surface area contributed by atoms with E-state index in [0.29, 0.717) is 12.4 Å². The van der Waals surface area contributed by atoms with Crippen molar-refractivity contribution in [2.24, 2.45) is 0 Å². The molecule has 0 saturated carbocycles. The summed E-state index contributed by atoms with van der Waals surface area (Å²) in [6.45, 7) is 8.25. The molecule has 1 aromatic heterocycles. The molecule has 2 N–H and O–H groups in total. The predicted molar refractivity (Wildman–Crippen MR) is 68.6 cm³/mol. The molecule has 0 radical (unpaired) electrons. The molecule has 0 unspecified atom stereocenters. The molecule has 0 saturated heterocycles. The third-order valence-electron chi connectivity index (χ3n) is 2.26. The number of hydrogen-bond acceptors (Lipinski definition) is 5. The summed E-state index contributed by atoms with van der Waals surface area (Å²) in [5, 5.41) is 0. The topological polar surface area (TPSA) is 64.3 Å². The first-order chi connectivity index (χ1) is 7.97. The number of nitrogens with zero attached hydrogens (tertiary/aromatic N) is 3. The number of anilines is 1. The van der Waals surface area contributed by atoms with Crippen LogP contribution in [0, 0.1) is 6.92 Å². The number of rotatable bonds is 6. The fourth-order valence-electron chi connectivity index (χ4n) is 1.49. The molecule has 0 bridgehead atoms. The molecule has 0 aliphatic heterocycles. The van der Waals surface area contributed by atoms with Crippen molar-refractivity contribution in [3.8, 4) is 0 Å². The number of aromatic nitrogens is 2. The zero-order chi connectivity index (χ0) is 12.8. The minimum Gasteiger partial charge on any atom is -0.384 e. The lowest BCUT2D eigenvalue weighted by atomic mass is 10.4. The Bertz CT molecular complexity index is 334. The summed E-state index contributed by atoms with van der Waals surface area (Å²) in [6.07, 6.45) is 0.272. The lowest BCUT2D eigenvalue weighted by molar-refractivity contribution is 0.0623. The molecule has 5 nitrogen and oxygen atoms in total. The van der Waals surface area contributed by atoms with E-state index in [9.17, 15) is 0 Å². The normalized spacial score (nSPS) is 11.4. The molecule has 0 aliphatic rings. The molecular formula is C12H22N4O. The summed E-state index contributed by atoms with van der Waals surface area (Å²) in [6, 6.07) is 1.77. The van der Waals surface area contributed by atoms with E-state index in [2.05, 4.69) is 14.9 Å². The van der Waals surface area contributed by atoms with Crippen molar-refractivity contribution in [3.63, 3.8) is 0 Å². The van der Waals surface area contributed by atoms with Gasteiger partial charge < -0.3 is 10.5 Å². The quantitative estimate of drug-likeness (QED) is 0.807. The lowest BCUT2D eigenvalue weighted by Gasteiger charge is -2.17. The van der Waals surface area contributed by atoms with Crippen LogP contribution in [0.3, 0.4) is 0 Å². The highest BCUT2D eigenvalue weighted by Gasteiger charge is 2.05. The molecule has 0 aliphatic carbocycles. The minimum atomic E-state index is 0.272. The summed E-state index contributed by atoms with van der Waals surface area (Å²) in [5.74, 6) is 1.29. The van der Waals surface area contributed by atoms with Gasteiger partial charge in [-0.15, -0.1) is 0 Å². The van der Waals surface area contributed by atoms with E-state index in [1.807, 2.05) is 27.8 Å². The van der Waals surface area contributed by atoms with Gasteiger partial charge >= 0.3 is 0 Å². The molecule has 0 amide bonds. The Morgan fingerprint density at radius 1 is 1.41 bits per heavy atom. The molecule has 1 heterocycles. The molecule has 0 fully saturated rings. The maximum atomic E-state index is 5.68. The third kappa shape index (κ3) is 5.60. The van der Waals surface area contributed by atoms with Crippen LogP contribution in [0.1, 0.15) is 25.4 Å². The first-order valence-corrected chi connectivity index (χ1v) is 5.87. The van der Waals surface area contributed by atoms with E-state index in [-0.39, 0.29) is 6.10 Å². The van der Waals surface area contributed by atoms with E-state index in [0.717, 1.165) is 24.7 Å². The minimum absolute atomic E-state index is 0.272. The van der Waals surface area contributed by atoms with Crippen molar-refractivity contribution in [1.82, 2.24) is 14.9 Å². The van der Waals surface area contributed by atoms with Crippen molar-refractivity contribution in [2.75, 3.05) is 25.9 Å². The van der Waals surface area contributed by atoms with E-state index < -0.39 is 0 Å². The van der Waals surface area contributed by atoms with Gasteiger partial charge in [-0.2, -0.15) is 0 Å². The number of ether oxygens (including phenoxy) is 1. The molecule has 17 heavy (non-hydrogen) atoms. The monoisotopic (exact) mass is 238 g/mol. The van der Waals surface area contributed by atoms with Gasteiger partial charge in [-0.05, 0) is 27.8 Å². The van der Waals surface area contributed by atoms with Gasteiger partial charge in [-0.1, -0.05) is 0 Å². The average molecular weight is 238 g/mol. The summed E-state index contributed by atoms with van der Waals surface area (Å²) >= 11 is 0. The van der Waals surface area contributed by atoms with Crippen molar-refractivity contribution < 1.29 is 4.74 Å². The molecule has 0 spiro atoms. The molecular weight excluding hydrogens is 216 g/mol. The van der Waals surface area contributed by atoms with Gasteiger partial charge in [0.15, 0.2) is 0 Å². The Balaban J connectivity index is 2.42. The van der Waals surface area contributed by atoms with E-state index >= 15 is 0 Å². The van der Waals surface area contributed by atoms with Gasteiger partial charge in [0.25, 0.3) is 0 Å². The zero-order valence-electron chi connectivity index (χ0n) is 11.1. The van der Waals surface area contributed by atoms with Crippen molar-refractivity contribution in [3.05, 3.63) is 17.6 Å². The van der Waals surface area contributed by atoms with Crippen LogP contribution in [0.4, 0.5) is 5.82 Å². The Kier molecular flexibility index (Phi) is 5.31. The van der Waals surface area contributed by atoms with Crippen LogP contribution >= 0.6 is 0 Å². The van der Waals surface area contributed by atoms with Crippen LogP contribution in [0.5, 0.6) is 0 Å². The summed E-state index contributed by atoms with van der Waals surface area (Å²) in [4.78, 5) is 10.7. The molecule has 1 rings (SSSR count). The summed E-state index contributed by atoms with van der Waals surface area (Å²) in [7, 11) is 2.02. The van der Waals surface area contributed by atoms with Gasteiger partial charge in [-0.25, -0.2) is 9.97 Å². The second-order valence-electron chi connectivity index (χ2n) is 4.51. The third-order valence-corrected chi connectivity index (χ3v) is 2.26. The Morgan fingerprint density at radius 2 is 2.12 bits per heavy atom. The fraction of sp³-hybridized carbons (Fsp3) is 0.667. The van der Waals surface area contributed by atoms with E-state index in [1.165, 1.54) is 0 Å². The number of aryl methyl sites for hydroxylation is 1. The largest absolute Gasteiger partial charge is 0.384 e. The second kappa shape index (κ2) is 6.51. The number of nitrogens with two attached hydrogens (primary N) is 1. The van der Waals surface area contributed by atoms with Gasteiger partial charge in [0.1, 0.15) is 11.6 Å². The van der Waals surface area contributed by atoms with Crippen LogP contribution in [-0.2, 0) is 11.3 Å². The maximum absolute atomic E-state index is 5.68. The molecule has 0 atom stereocenters. The lowest BCUT2D eigenvalue weighted by Crippen LogP contribution is -2.25. The summed E-state index contributed by atoms with van der Waals surface area (Å²) in [5.41, 5.74) is 6.58. The van der Waals surface area contributed by atoms with Crippen LogP contribution in [0.2, 0.25) is 0 Å². The maximum Gasteiger partial charge on any atom is 0.144 e. The Labute approximate surface area is 103 Å². The van der Waals surface area contributed by atoms with Crippen LogP contribution in [-0.4, -0.2) is 41.2 Å². The SMILES string of the molecule is Cc1cc(N)nc(CN(C)CCOC(C)C)n1. The van der Waals surface area contributed by atoms with Crippen molar-refractivity contribution in [2.45, 2.75) is 33.4 Å². The first kappa shape index (κ1) is 13.9. The van der Waals surface area contributed by atoms with Crippen molar-refractivity contribution in [1.29, 1.82) is 0 Å². The molecule has 0 aromatic carbocycles. The summed E-state index contributed by atoms with van der Waals surface area (Å²) < 4.78 is 5.49. The van der Waals surface area contributed by atoms with Gasteiger partial charge in [0.05, 0.1) is 19.3 Å². The van der Waals surface area contributed by atoms with E-state index in [4.69, 9.17) is 10.5 Å². The Morgan fingerprint density at radius 3 is 2.71 bits per heavy atom. The molecule has 96 valence electrons. The number of hydrogen-bond donors (Lipinski definition) is 1. The van der Waals surface area contributed by atoms with Crippen molar-refractivity contribution >= 4 is 5.82 Å². The van der Waals surface area contributed by atoms with Crippen LogP contribution < -0.4 is 5.73 Å². The van der Waals surface area contributed by atoms with Crippen LogP contribution in [0.15, 0.2) is 6.07 Å². The predicted octanol–water partition coefficient (Wildman–Crippen LogP) is 1.22. The van der Waals surface area contributed by atoms with E-state index in [1.54, 1.807) is 6.07 Å². The fourth-order valence-corrected chi connectivity index (χ4v) is 1.49. The van der Waals surface area contributed by atoms with Gasteiger partial charge in [0, 0.05) is 18.3 Å². The van der Waals surface area contributed by atoms with Gasteiger partial charge in [-0.3, -0.25) is 4.90 Å². The number of nitrogen functional groups attached to an aromatic ring is 1. The van der Waals surface area contributed by atoms with Crippen LogP contribution in [0.25, 0.3) is 0 Å². The standard InChI is InChI=1S/C12H22N4O/c1-9(2)17-6-5-16(4)8-12-14-10(3)7-11(13)15-12/h7,9H,5-6,8H2,1-4H3,(H2,13,14,15). The highest BCUT2D eigenvalue weighted by molar-refractivity contribution is 5.29. The smallest absolute Gasteiger partial charge is 0.144 e. The zero-order valence-corrected chi connectivity index (χ0v) is 11.1. The molecule has 5 heteroatoms. The second-order valence-corrected chi connectivity index (χ2v) is 4.51. The highest BCUT2D eigenvalue weighted by atomic mass is 16.5.